The number of thiocarbonyl (C=S) groups is 1. The van der Waals surface area contributed by atoms with Gasteiger partial charge in [-0.2, -0.15) is 0 Å². The van der Waals surface area contributed by atoms with Crippen molar-refractivity contribution < 1.29 is 23.8 Å². The molecule has 7 nitrogen and oxygen atoms in total. The topological polar surface area (TPSA) is 77.1 Å². The highest BCUT2D eigenvalue weighted by atomic mass is 32.2. The molecule has 1 N–H and O–H groups in total. The molecule has 1 aliphatic rings. The molecule has 1 amide bonds. The fourth-order valence-electron chi connectivity index (χ4n) is 3.78. The first-order valence-corrected chi connectivity index (χ1v) is 12.0. The van der Waals surface area contributed by atoms with Crippen LogP contribution in [0.1, 0.15) is 24.0 Å². The van der Waals surface area contributed by atoms with Gasteiger partial charge in [-0.1, -0.05) is 42.2 Å². The normalized spacial score (nSPS) is 13.0. The van der Waals surface area contributed by atoms with Crippen molar-refractivity contribution in [1.82, 2.24) is 5.32 Å². The number of amides is 1. The van der Waals surface area contributed by atoms with Crippen molar-refractivity contribution in [2.75, 3.05) is 39.3 Å². The van der Waals surface area contributed by atoms with E-state index in [-0.39, 0.29) is 5.91 Å². The van der Waals surface area contributed by atoms with Crippen molar-refractivity contribution in [3.8, 4) is 17.2 Å². The van der Waals surface area contributed by atoms with Gasteiger partial charge in [0.25, 0.3) is 0 Å². The first-order valence-electron chi connectivity index (χ1n) is 10.8. The third-order valence-electron chi connectivity index (χ3n) is 5.34. The summed E-state index contributed by atoms with van der Waals surface area (Å²) in [7, 11) is 4.59. The Bertz CT molecular complexity index is 1060. The maximum atomic E-state index is 12.8. The highest BCUT2D eigenvalue weighted by Gasteiger charge is 2.21. The molecule has 0 fully saturated rings. The van der Waals surface area contributed by atoms with E-state index in [4.69, 9.17) is 26.4 Å². The lowest BCUT2D eigenvalue weighted by atomic mass is 10.0. The fraction of sp³-hybridized carbons (Fsp3) is 0.320. The first kappa shape index (κ1) is 25.6. The average molecular weight is 501 g/mol. The van der Waals surface area contributed by atoms with Crippen molar-refractivity contribution in [3.63, 3.8) is 0 Å². The molecule has 2 aromatic carbocycles. The zero-order valence-electron chi connectivity index (χ0n) is 19.5. The predicted molar refractivity (Wildman–Crippen MR) is 140 cm³/mol. The number of fused-ring (bicyclic) bond motifs is 1. The maximum Gasteiger partial charge on any atom is 0.228 e. The molecule has 0 saturated heterocycles. The number of methoxy groups -OCH3 is 3. The molecule has 3 rings (SSSR count). The van der Waals surface area contributed by atoms with E-state index in [9.17, 15) is 9.59 Å². The van der Waals surface area contributed by atoms with Crippen molar-refractivity contribution in [1.29, 1.82) is 0 Å². The largest absolute Gasteiger partial charge is 0.493 e. The van der Waals surface area contributed by atoms with Gasteiger partial charge >= 0.3 is 0 Å². The Hall–Kier alpha value is -3.04. The molecule has 0 saturated carbocycles. The molecular formula is C25H28N2O5S2. The van der Waals surface area contributed by atoms with Gasteiger partial charge in [0, 0.05) is 25.2 Å². The Labute approximate surface area is 209 Å². The summed E-state index contributed by atoms with van der Waals surface area (Å²) in [4.78, 5) is 26.7. The Morgan fingerprint density at radius 2 is 1.85 bits per heavy atom. The SMILES string of the molecule is COc1cc(/C=C(/C=O)SC(=S)NCCC(=O)N2CCCc3ccccc32)cc(OC)c1OC. The van der Waals surface area contributed by atoms with E-state index in [2.05, 4.69) is 11.4 Å². The quantitative estimate of drug-likeness (QED) is 0.311. The summed E-state index contributed by atoms with van der Waals surface area (Å²) in [6, 6.07) is 11.5. The number of aryl methyl sites for hydroxylation is 1. The zero-order chi connectivity index (χ0) is 24.5. The number of anilines is 1. The van der Waals surface area contributed by atoms with Crippen molar-refractivity contribution in [2.45, 2.75) is 19.3 Å². The summed E-state index contributed by atoms with van der Waals surface area (Å²) < 4.78 is 16.5. The molecule has 34 heavy (non-hydrogen) atoms. The lowest BCUT2D eigenvalue weighted by Crippen LogP contribution is -2.37. The Balaban J connectivity index is 1.58. The highest BCUT2D eigenvalue weighted by Crippen LogP contribution is 2.39. The van der Waals surface area contributed by atoms with Crippen LogP contribution in [0, 0.1) is 0 Å². The number of hydrogen-bond donors (Lipinski definition) is 1. The molecule has 180 valence electrons. The van der Waals surface area contributed by atoms with Crippen LogP contribution in [0.5, 0.6) is 17.2 Å². The average Bonchev–Trinajstić information content (AvgIpc) is 2.87. The summed E-state index contributed by atoms with van der Waals surface area (Å²) in [6.45, 7) is 1.11. The molecule has 0 radical (unpaired) electrons. The van der Waals surface area contributed by atoms with E-state index in [1.165, 1.54) is 26.9 Å². The number of benzene rings is 2. The van der Waals surface area contributed by atoms with Crippen LogP contribution in [0.25, 0.3) is 6.08 Å². The van der Waals surface area contributed by atoms with Crippen LogP contribution in [-0.2, 0) is 16.0 Å². The van der Waals surface area contributed by atoms with Crippen LogP contribution >= 0.6 is 24.0 Å². The van der Waals surface area contributed by atoms with Gasteiger partial charge < -0.3 is 24.4 Å². The van der Waals surface area contributed by atoms with Gasteiger partial charge in [0.1, 0.15) is 4.32 Å². The Morgan fingerprint density at radius 1 is 1.15 bits per heavy atom. The molecule has 0 spiro atoms. The number of para-hydroxylation sites is 1. The molecule has 0 atom stereocenters. The van der Waals surface area contributed by atoms with Gasteiger partial charge in [0.15, 0.2) is 17.8 Å². The Morgan fingerprint density at radius 3 is 2.50 bits per heavy atom. The number of nitrogens with one attached hydrogen (secondary N) is 1. The standard InChI is InChI=1S/C25H28N2O5S2/c1-30-21-14-17(15-22(31-2)24(21)32-3)13-19(16-28)34-25(33)26-11-10-23(29)27-12-6-8-18-7-4-5-9-20(18)27/h4-5,7,9,13-16H,6,8,10-12H2,1-3H3,(H,26,33)/b19-13-. The number of allylic oxidation sites excluding steroid dienone is 1. The molecule has 1 heterocycles. The monoisotopic (exact) mass is 500 g/mol. The third-order valence-corrected chi connectivity index (χ3v) is 6.52. The minimum Gasteiger partial charge on any atom is -0.493 e. The van der Waals surface area contributed by atoms with E-state index in [0.717, 1.165) is 43.1 Å². The number of rotatable bonds is 9. The van der Waals surface area contributed by atoms with Gasteiger partial charge in [0.2, 0.25) is 11.7 Å². The maximum absolute atomic E-state index is 12.8. The number of carbonyl (C=O) groups excluding carboxylic acids is 2. The number of hydrogen-bond acceptors (Lipinski definition) is 7. The summed E-state index contributed by atoms with van der Waals surface area (Å²) in [5.41, 5.74) is 2.90. The molecular weight excluding hydrogens is 472 g/mol. The number of aldehydes is 1. The van der Waals surface area contributed by atoms with E-state index in [0.29, 0.717) is 45.0 Å². The summed E-state index contributed by atoms with van der Waals surface area (Å²) >= 11 is 6.51. The van der Waals surface area contributed by atoms with Crippen LogP contribution in [0.15, 0.2) is 41.3 Å². The van der Waals surface area contributed by atoms with E-state index in [1.54, 1.807) is 18.2 Å². The molecule has 0 unspecified atom stereocenters. The number of thioether (sulfide) groups is 1. The van der Waals surface area contributed by atoms with Crippen LogP contribution < -0.4 is 24.4 Å². The minimum atomic E-state index is 0.0519. The predicted octanol–water partition coefficient (Wildman–Crippen LogP) is 4.23. The number of nitrogens with zero attached hydrogens (tertiary/aromatic N) is 1. The third kappa shape index (κ3) is 6.30. The van der Waals surface area contributed by atoms with E-state index in [1.807, 2.05) is 23.1 Å². The molecule has 0 bridgehead atoms. The Kier molecular flexibility index (Phi) is 9.35. The minimum absolute atomic E-state index is 0.0519. The van der Waals surface area contributed by atoms with E-state index >= 15 is 0 Å². The van der Waals surface area contributed by atoms with Crippen molar-refractivity contribution in [3.05, 3.63) is 52.4 Å². The van der Waals surface area contributed by atoms with Gasteiger partial charge in [0.05, 0.1) is 26.2 Å². The smallest absolute Gasteiger partial charge is 0.228 e. The van der Waals surface area contributed by atoms with Crippen molar-refractivity contribution in [2.24, 2.45) is 0 Å². The number of carbonyl (C=O) groups is 2. The first-order chi connectivity index (χ1) is 16.5. The van der Waals surface area contributed by atoms with Crippen LogP contribution in [0.2, 0.25) is 0 Å². The fourth-order valence-corrected chi connectivity index (χ4v) is 4.80. The van der Waals surface area contributed by atoms with Gasteiger partial charge in [-0.25, -0.2) is 0 Å². The van der Waals surface area contributed by atoms with Crippen LogP contribution in [0.3, 0.4) is 0 Å². The molecule has 0 aromatic heterocycles. The van der Waals surface area contributed by atoms with Gasteiger partial charge in [-0.05, 0) is 48.2 Å². The zero-order valence-corrected chi connectivity index (χ0v) is 21.1. The van der Waals surface area contributed by atoms with Crippen LogP contribution in [-0.4, -0.2) is 50.9 Å². The molecule has 0 aliphatic carbocycles. The lowest BCUT2D eigenvalue weighted by molar-refractivity contribution is -0.118. The molecule has 9 heteroatoms. The van der Waals surface area contributed by atoms with Crippen LogP contribution in [0.4, 0.5) is 5.69 Å². The second kappa shape index (κ2) is 12.4. The van der Waals surface area contributed by atoms with Gasteiger partial charge in [-0.15, -0.1) is 0 Å². The molecule has 1 aliphatic heterocycles. The van der Waals surface area contributed by atoms with Gasteiger partial charge in [-0.3, -0.25) is 9.59 Å². The number of ether oxygens (including phenoxy) is 3. The summed E-state index contributed by atoms with van der Waals surface area (Å²) in [5.74, 6) is 1.50. The summed E-state index contributed by atoms with van der Waals surface area (Å²) in [6.07, 6.45) is 4.68. The molecule has 2 aromatic rings. The van der Waals surface area contributed by atoms with Crippen molar-refractivity contribution >= 4 is 52.3 Å². The summed E-state index contributed by atoms with van der Waals surface area (Å²) in [5, 5.41) is 3.07. The lowest BCUT2D eigenvalue weighted by Gasteiger charge is -2.29. The second-order valence-electron chi connectivity index (χ2n) is 7.47. The highest BCUT2D eigenvalue weighted by molar-refractivity contribution is 8.26. The van der Waals surface area contributed by atoms with E-state index < -0.39 is 0 Å². The second-order valence-corrected chi connectivity index (χ2v) is 9.22.